The van der Waals surface area contributed by atoms with Crippen molar-refractivity contribution >= 4 is 17.4 Å². The molecule has 1 atom stereocenters. The van der Waals surface area contributed by atoms with Gasteiger partial charge in [-0.25, -0.2) is 4.79 Å². The maximum absolute atomic E-state index is 12.5. The second kappa shape index (κ2) is 6.68. The number of nitrogens with zero attached hydrogens (tertiary/aromatic N) is 2. The molecule has 1 aliphatic carbocycles. The molecule has 1 aliphatic heterocycles. The van der Waals surface area contributed by atoms with Crippen LogP contribution < -0.4 is 5.32 Å². The van der Waals surface area contributed by atoms with Crippen LogP contribution in [0.15, 0.2) is 16.8 Å². The Morgan fingerprint density at radius 1 is 1.39 bits per heavy atom. The Kier molecular flexibility index (Phi) is 4.82. The van der Waals surface area contributed by atoms with Crippen molar-refractivity contribution in [3.63, 3.8) is 0 Å². The predicted molar refractivity (Wildman–Crippen MR) is 82.3 cm³/mol. The van der Waals surface area contributed by atoms with E-state index in [4.69, 9.17) is 0 Å². The molecule has 1 saturated carbocycles. The maximum Gasteiger partial charge on any atom is 0.401 e. The Morgan fingerprint density at radius 3 is 2.78 bits per heavy atom. The quantitative estimate of drug-likeness (QED) is 0.889. The number of carbonyl (C=O) groups excluding carboxylic acids is 1. The van der Waals surface area contributed by atoms with Crippen molar-refractivity contribution < 1.29 is 18.0 Å². The zero-order valence-electron chi connectivity index (χ0n) is 12.7. The van der Waals surface area contributed by atoms with Crippen molar-refractivity contribution in [2.75, 3.05) is 19.6 Å². The number of carbonyl (C=O) groups is 1. The van der Waals surface area contributed by atoms with Crippen LogP contribution in [0.1, 0.15) is 24.8 Å². The van der Waals surface area contributed by atoms with Crippen molar-refractivity contribution in [3.05, 3.63) is 22.4 Å². The average molecular weight is 347 g/mol. The lowest BCUT2D eigenvalue weighted by molar-refractivity contribution is -0.143. The highest BCUT2D eigenvalue weighted by Crippen LogP contribution is 2.29. The molecule has 1 N–H and O–H groups in total. The number of halogens is 3. The molecular weight excluding hydrogens is 327 g/mol. The molecule has 0 spiro atoms. The maximum atomic E-state index is 12.5. The molecule has 1 aromatic rings. The van der Waals surface area contributed by atoms with Crippen molar-refractivity contribution in [1.82, 2.24) is 15.1 Å². The van der Waals surface area contributed by atoms with Crippen LogP contribution in [-0.2, 0) is 6.54 Å². The number of nitrogens with one attached hydrogen (secondary N) is 1. The first-order valence-electron chi connectivity index (χ1n) is 7.78. The van der Waals surface area contributed by atoms with E-state index in [1.54, 1.807) is 11.3 Å². The van der Waals surface area contributed by atoms with Crippen molar-refractivity contribution in [2.24, 2.45) is 0 Å². The van der Waals surface area contributed by atoms with E-state index < -0.39 is 12.7 Å². The number of likely N-dealkylation sites (tertiary alicyclic amines) is 1. The summed E-state index contributed by atoms with van der Waals surface area (Å²) in [7, 11) is 0. The number of urea groups is 1. The highest BCUT2D eigenvalue weighted by Gasteiger charge is 2.37. The minimum atomic E-state index is -4.18. The third kappa shape index (κ3) is 4.84. The van der Waals surface area contributed by atoms with Crippen molar-refractivity contribution in [3.8, 4) is 0 Å². The van der Waals surface area contributed by atoms with E-state index in [9.17, 15) is 18.0 Å². The van der Waals surface area contributed by atoms with Gasteiger partial charge in [-0.1, -0.05) is 0 Å². The Hall–Kier alpha value is -1.28. The molecule has 4 nitrogen and oxygen atoms in total. The molecule has 1 aromatic heterocycles. The minimum absolute atomic E-state index is 0.155. The topological polar surface area (TPSA) is 35.6 Å². The smallest absolute Gasteiger partial charge is 0.334 e. The predicted octanol–water partition coefficient (Wildman–Crippen LogP) is 3.06. The third-order valence-electron chi connectivity index (χ3n) is 4.18. The second-order valence-corrected chi connectivity index (χ2v) is 7.06. The molecule has 0 bridgehead atoms. The van der Waals surface area contributed by atoms with Gasteiger partial charge in [0.2, 0.25) is 0 Å². The van der Waals surface area contributed by atoms with E-state index in [0.29, 0.717) is 19.5 Å². The zero-order valence-corrected chi connectivity index (χ0v) is 13.5. The first-order chi connectivity index (χ1) is 10.9. The van der Waals surface area contributed by atoms with Gasteiger partial charge in [0, 0.05) is 31.7 Å². The second-order valence-electron chi connectivity index (χ2n) is 6.28. The Morgan fingerprint density at radius 2 is 2.17 bits per heavy atom. The third-order valence-corrected chi connectivity index (χ3v) is 4.92. The van der Waals surface area contributed by atoms with Gasteiger partial charge in [0.25, 0.3) is 0 Å². The van der Waals surface area contributed by atoms with Crippen molar-refractivity contribution in [1.29, 1.82) is 0 Å². The highest BCUT2D eigenvalue weighted by atomic mass is 32.1. The summed E-state index contributed by atoms with van der Waals surface area (Å²) < 4.78 is 37.2. The first-order valence-corrected chi connectivity index (χ1v) is 8.72. The Labute approximate surface area is 137 Å². The monoisotopic (exact) mass is 347 g/mol. The van der Waals surface area contributed by atoms with Crippen LogP contribution in [-0.4, -0.2) is 53.7 Å². The summed E-state index contributed by atoms with van der Waals surface area (Å²) in [5, 5.41) is 6.90. The van der Waals surface area contributed by atoms with Gasteiger partial charge in [-0.05, 0) is 41.7 Å². The van der Waals surface area contributed by atoms with Crippen molar-refractivity contribution in [2.45, 2.75) is 44.1 Å². The molecule has 0 aromatic carbocycles. The number of hydrogen-bond donors (Lipinski definition) is 1. The molecule has 8 heteroatoms. The lowest BCUT2D eigenvalue weighted by Crippen LogP contribution is -2.46. The molecule has 0 radical (unpaired) electrons. The van der Waals surface area contributed by atoms with Gasteiger partial charge in [0.05, 0.1) is 6.54 Å². The van der Waals surface area contributed by atoms with Crippen LogP contribution in [0.4, 0.5) is 18.0 Å². The van der Waals surface area contributed by atoms with E-state index in [1.165, 1.54) is 4.90 Å². The molecule has 1 saturated heterocycles. The summed E-state index contributed by atoms with van der Waals surface area (Å²) in [6.07, 6.45) is -1.61. The summed E-state index contributed by atoms with van der Waals surface area (Å²) in [4.78, 5) is 15.6. The molecule has 2 amide bonds. The lowest BCUT2D eigenvalue weighted by atomic mass is 10.2. The van der Waals surface area contributed by atoms with Gasteiger partial charge >= 0.3 is 12.2 Å². The number of thiophene rings is 1. The van der Waals surface area contributed by atoms with Gasteiger partial charge < -0.3 is 10.2 Å². The summed E-state index contributed by atoms with van der Waals surface area (Å²) in [5.41, 5.74) is 1.10. The molecule has 0 unspecified atom stereocenters. The van der Waals surface area contributed by atoms with E-state index in [1.807, 2.05) is 21.7 Å². The SMILES string of the molecule is O=C(N[C@H]1CCN(CC(F)(F)F)C1)N(Cc1ccsc1)C1CC1. The fraction of sp³-hybridized carbons (Fsp3) is 0.667. The van der Waals surface area contributed by atoms with Crippen LogP contribution in [0.25, 0.3) is 0 Å². The molecular formula is C15H20F3N3OS. The number of amides is 2. The standard InChI is InChI=1S/C15H20F3N3OS/c16-15(17,18)10-20-5-3-12(8-20)19-14(22)21(13-1-2-13)7-11-4-6-23-9-11/h4,6,9,12-13H,1-3,5,7-8,10H2,(H,19,22)/t12-/m0/s1. The molecule has 2 heterocycles. The molecule has 128 valence electrons. The van der Waals surface area contributed by atoms with E-state index in [2.05, 4.69) is 5.32 Å². The fourth-order valence-corrected chi connectivity index (χ4v) is 3.60. The Balaban J connectivity index is 1.51. The normalized spacial score (nSPS) is 22.3. The van der Waals surface area contributed by atoms with Crippen LogP contribution in [0.5, 0.6) is 0 Å². The van der Waals surface area contributed by atoms with Gasteiger partial charge in [0.15, 0.2) is 0 Å². The van der Waals surface area contributed by atoms with E-state index in [-0.39, 0.29) is 24.7 Å². The summed E-state index contributed by atoms with van der Waals surface area (Å²) in [6.45, 7) is 0.306. The minimum Gasteiger partial charge on any atom is -0.334 e. The van der Waals surface area contributed by atoms with Crippen LogP contribution in [0.3, 0.4) is 0 Å². The number of hydrogen-bond acceptors (Lipinski definition) is 3. The zero-order chi connectivity index (χ0) is 16.4. The van der Waals surface area contributed by atoms with Gasteiger partial charge in [-0.3, -0.25) is 4.90 Å². The molecule has 2 fully saturated rings. The average Bonchev–Trinajstić information content (AvgIpc) is 2.98. The largest absolute Gasteiger partial charge is 0.401 e. The van der Waals surface area contributed by atoms with Crippen LogP contribution in [0, 0.1) is 0 Å². The van der Waals surface area contributed by atoms with Crippen LogP contribution >= 0.6 is 11.3 Å². The number of alkyl halides is 3. The fourth-order valence-electron chi connectivity index (χ4n) is 2.94. The van der Waals surface area contributed by atoms with Gasteiger partial charge in [-0.15, -0.1) is 0 Å². The highest BCUT2D eigenvalue weighted by molar-refractivity contribution is 7.07. The molecule has 3 rings (SSSR count). The lowest BCUT2D eigenvalue weighted by Gasteiger charge is -2.25. The first kappa shape index (κ1) is 16.6. The molecule has 23 heavy (non-hydrogen) atoms. The van der Waals surface area contributed by atoms with Crippen LogP contribution in [0.2, 0.25) is 0 Å². The number of rotatable bonds is 5. The molecule has 2 aliphatic rings. The van der Waals surface area contributed by atoms with E-state index >= 15 is 0 Å². The summed E-state index contributed by atoms with van der Waals surface area (Å²) in [6, 6.07) is 1.90. The summed E-state index contributed by atoms with van der Waals surface area (Å²) in [5.74, 6) is 0. The van der Waals surface area contributed by atoms with Gasteiger partial charge in [-0.2, -0.15) is 24.5 Å². The van der Waals surface area contributed by atoms with Gasteiger partial charge in [0.1, 0.15) is 0 Å². The summed E-state index contributed by atoms with van der Waals surface area (Å²) >= 11 is 1.59. The van der Waals surface area contributed by atoms with E-state index in [0.717, 1.165) is 18.4 Å². The Bertz CT molecular complexity index is 531.